The summed E-state index contributed by atoms with van der Waals surface area (Å²) in [4.78, 5) is 13.0. The molecule has 16 heavy (non-hydrogen) atoms. The zero-order valence-electron chi connectivity index (χ0n) is 9.52. The first-order chi connectivity index (χ1) is 7.71. The van der Waals surface area contributed by atoms with Crippen LogP contribution in [0.2, 0.25) is 0 Å². The first-order valence-corrected chi connectivity index (χ1v) is 8.36. The van der Waals surface area contributed by atoms with E-state index >= 15 is 0 Å². The zero-order chi connectivity index (χ0) is 12.0. The first kappa shape index (κ1) is 13.7. The monoisotopic (exact) mass is 270 g/mol. The molecule has 0 fully saturated rings. The van der Waals surface area contributed by atoms with Crippen LogP contribution in [0.15, 0.2) is 39.5 Å². The standard InChI is InChI=1S/C12H14OS3/c1-14-10-6-4-9(5-7-10)11(13)8-12(15-2)16-3/h4-8H,1-3H3. The van der Waals surface area contributed by atoms with Crippen molar-refractivity contribution < 1.29 is 4.79 Å². The summed E-state index contributed by atoms with van der Waals surface area (Å²) in [6.45, 7) is 0. The molecule has 0 N–H and O–H groups in total. The predicted molar refractivity (Wildman–Crippen MR) is 77.7 cm³/mol. The Balaban J connectivity index is 2.84. The van der Waals surface area contributed by atoms with Gasteiger partial charge in [0, 0.05) is 20.8 Å². The molecular formula is C12H14OS3. The summed E-state index contributed by atoms with van der Waals surface area (Å²) in [5, 5.41) is 0. The highest BCUT2D eigenvalue weighted by molar-refractivity contribution is 8.21. The van der Waals surface area contributed by atoms with Gasteiger partial charge in [0.05, 0.1) is 0 Å². The second-order valence-electron chi connectivity index (χ2n) is 2.96. The minimum atomic E-state index is 0.0753. The van der Waals surface area contributed by atoms with E-state index in [1.807, 2.05) is 43.0 Å². The summed E-state index contributed by atoms with van der Waals surface area (Å²) >= 11 is 4.88. The smallest absolute Gasteiger partial charge is 0.187 e. The van der Waals surface area contributed by atoms with Crippen molar-refractivity contribution in [2.24, 2.45) is 0 Å². The van der Waals surface area contributed by atoms with E-state index in [2.05, 4.69) is 0 Å². The van der Waals surface area contributed by atoms with Gasteiger partial charge in [-0.3, -0.25) is 4.79 Å². The van der Waals surface area contributed by atoms with Gasteiger partial charge in [-0.2, -0.15) is 0 Å². The average molecular weight is 270 g/mol. The Bertz CT molecular complexity index is 376. The van der Waals surface area contributed by atoms with Crippen LogP contribution >= 0.6 is 35.3 Å². The third-order valence-electron chi connectivity index (χ3n) is 2.03. The van der Waals surface area contributed by atoms with E-state index in [1.165, 1.54) is 4.90 Å². The molecule has 0 saturated heterocycles. The molecule has 0 atom stereocenters. The van der Waals surface area contributed by atoms with E-state index in [4.69, 9.17) is 0 Å². The summed E-state index contributed by atoms with van der Waals surface area (Å²) in [6, 6.07) is 7.71. The van der Waals surface area contributed by atoms with Gasteiger partial charge in [-0.05, 0) is 43.0 Å². The van der Waals surface area contributed by atoms with Crippen LogP contribution in [0.25, 0.3) is 0 Å². The molecule has 0 amide bonds. The lowest BCUT2D eigenvalue weighted by atomic mass is 10.1. The summed E-state index contributed by atoms with van der Waals surface area (Å²) in [5.41, 5.74) is 0.749. The molecule has 0 aliphatic rings. The van der Waals surface area contributed by atoms with Gasteiger partial charge >= 0.3 is 0 Å². The molecule has 0 heterocycles. The molecule has 1 aromatic carbocycles. The third kappa shape index (κ3) is 3.92. The molecule has 0 bridgehead atoms. The molecule has 1 aromatic rings. The van der Waals surface area contributed by atoms with Gasteiger partial charge in [0.15, 0.2) is 5.78 Å². The van der Waals surface area contributed by atoms with E-state index in [9.17, 15) is 4.79 Å². The van der Waals surface area contributed by atoms with Gasteiger partial charge in [-0.15, -0.1) is 35.3 Å². The van der Waals surface area contributed by atoms with E-state index in [0.29, 0.717) is 0 Å². The van der Waals surface area contributed by atoms with Crippen molar-refractivity contribution in [3.63, 3.8) is 0 Å². The Morgan fingerprint density at radius 2 is 1.62 bits per heavy atom. The van der Waals surface area contributed by atoms with Crippen LogP contribution in [-0.2, 0) is 0 Å². The van der Waals surface area contributed by atoms with Gasteiger partial charge in [-0.1, -0.05) is 0 Å². The number of ketones is 1. The fourth-order valence-electron chi connectivity index (χ4n) is 1.15. The molecule has 4 heteroatoms. The molecular weight excluding hydrogens is 256 g/mol. The Kier molecular flexibility index (Phi) is 6.09. The number of carbonyl (C=O) groups excluding carboxylic acids is 1. The lowest BCUT2D eigenvalue weighted by Gasteiger charge is -2.01. The molecule has 0 spiro atoms. The topological polar surface area (TPSA) is 17.1 Å². The molecule has 0 aromatic heterocycles. The number of rotatable bonds is 5. The predicted octanol–water partition coefficient (Wildman–Crippen LogP) is 4.16. The fourth-order valence-corrected chi connectivity index (χ4v) is 2.67. The van der Waals surface area contributed by atoms with Gasteiger partial charge in [0.25, 0.3) is 0 Å². The van der Waals surface area contributed by atoms with Gasteiger partial charge in [0.1, 0.15) is 0 Å². The van der Waals surface area contributed by atoms with E-state index in [1.54, 1.807) is 41.4 Å². The molecule has 0 saturated carbocycles. The van der Waals surface area contributed by atoms with Crippen LogP contribution in [0.3, 0.4) is 0 Å². The van der Waals surface area contributed by atoms with E-state index < -0.39 is 0 Å². The number of allylic oxidation sites excluding steroid dienone is 1. The minimum absolute atomic E-state index is 0.0753. The quantitative estimate of drug-likeness (QED) is 0.454. The van der Waals surface area contributed by atoms with E-state index in [-0.39, 0.29) is 5.78 Å². The van der Waals surface area contributed by atoms with Crippen molar-refractivity contribution in [3.05, 3.63) is 40.1 Å². The lowest BCUT2D eigenvalue weighted by molar-refractivity contribution is 0.104. The van der Waals surface area contributed by atoms with Crippen molar-refractivity contribution in [1.82, 2.24) is 0 Å². The highest BCUT2D eigenvalue weighted by atomic mass is 32.2. The summed E-state index contributed by atoms with van der Waals surface area (Å²) in [6.07, 6.45) is 7.68. The molecule has 1 nitrogen and oxygen atoms in total. The fraction of sp³-hybridized carbons (Fsp3) is 0.250. The zero-order valence-corrected chi connectivity index (χ0v) is 12.0. The average Bonchev–Trinajstić information content (AvgIpc) is 2.35. The Morgan fingerprint density at radius 1 is 1.06 bits per heavy atom. The van der Waals surface area contributed by atoms with Crippen molar-refractivity contribution >= 4 is 41.1 Å². The number of hydrogen-bond donors (Lipinski definition) is 0. The molecule has 0 aliphatic carbocycles. The second kappa shape index (κ2) is 7.09. The van der Waals surface area contributed by atoms with Crippen LogP contribution in [0.4, 0.5) is 0 Å². The van der Waals surface area contributed by atoms with Crippen molar-refractivity contribution in [1.29, 1.82) is 0 Å². The second-order valence-corrected chi connectivity index (χ2v) is 5.80. The molecule has 0 aliphatic heterocycles. The van der Waals surface area contributed by atoms with E-state index in [0.717, 1.165) is 9.80 Å². The highest BCUT2D eigenvalue weighted by Crippen LogP contribution is 2.24. The van der Waals surface area contributed by atoms with Crippen LogP contribution in [0.5, 0.6) is 0 Å². The largest absolute Gasteiger partial charge is 0.289 e. The number of carbonyl (C=O) groups is 1. The Hall–Kier alpha value is -0.320. The van der Waals surface area contributed by atoms with Crippen LogP contribution in [0, 0.1) is 0 Å². The third-order valence-corrected chi connectivity index (χ3v) is 4.81. The van der Waals surface area contributed by atoms with Crippen molar-refractivity contribution in [3.8, 4) is 0 Å². The normalized spacial score (nSPS) is 9.94. The summed E-state index contributed by atoms with van der Waals surface area (Å²) < 4.78 is 1.04. The first-order valence-electron chi connectivity index (χ1n) is 4.69. The Labute approximate surface area is 109 Å². The molecule has 1 rings (SSSR count). The molecule has 86 valence electrons. The lowest BCUT2D eigenvalue weighted by Crippen LogP contribution is -1.94. The van der Waals surface area contributed by atoms with Crippen LogP contribution in [-0.4, -0.2) is 24.6 Å². The number of hydrogen-bond acceptors (Lipinski definition) is 4. The number of benzene rings is 1. The Morgan fingerprint density at radius 3 is 2.06 bits per heavy atom. The van der Waals surface area contributed by atoms with Crippen molar-refractivity contribution in [2.75, 3.05) is 18.8 Å². The summed E-state index contributed by atoms with van der Waals surface area (Å²) in [7, 11) is 0. The van der Waals surface area contributed by atoms with Gasteiger partial charge in [-0.25, -0.2) is 0 Å². The highest BCUT2D eigenvalue weighted by Gasteiger charge is 2.04. The minimum Gasteiger partial charge on any atom is -0.289 e. The van der Waals surface area contributed by atoms with Crippen molar-refractivity contribution in [2.45, 2.75) is 4.90 Å². The van der Waals surface area contributed by atoms with Gasteiger partial charge in [0.2, 0.25) is 0 Å². The summed E-state index contributed by atoms with van der Waals surface area (Å²) in [5.74, 6) is 0.0753. The van der Waals surface area contributed by atoms with Crippen LogP contribution in [0.1, 0.15) is 10.4 Å². The maximum atomic E-state index is 11.9. The van der Waals surface area contributed by atoms with Gasteiger partial charge < -0.3 is 0 Å². The SMILES string of the molecule is CSC(=CC(=O)c1ccc(SC)cc1)SC. The molecule has 0 unspecified atom stereocenters. The molecule has 0 radical (unpaired) electrons. The maximum Gasteiger partial charge on any atom is 0.187 e. The van der Waals surface area contributed by atoms with Crippen LogP contribution < -0.4 is 0 Å². The number of thioether (sulfide) groups is 3. The maximum absolute atomic E-state index is 11.9.